The number of rotatable bonds is 4. The maximum Gasteiger partial charge on any atom is 0.274 e. The summed E-state index contributed by atoms with van der Waals surface area (Å²) in [6, 6.07) is 11.4. The molecule has 3 aromatic rings. The molecule has 2 heterocycles. The third kappa shape index (κ3) is 3.50. The molecule has 1 aliphatic rings. The Balaban J connectivity index is 1.52. The number of nitrogens with one attached hydrogen (secondary N) is 2. The van der Waals surface area contributed by atoms with Gasteiger partial charge in [-0.05, 0) is 36.4 Å². The molecule has 0 atom stereocenters. The van der Waals surface area contributed by atoms with Crippen LogP contribution in [0.3, 0.4) is 0 Å². The fourth-order valence-electron chi connectivity index (χ4n) is 2.56. The van der Waals surface area contributed by atoms with Crippen LogP contribution >= 0.6 is 0 Å². The Hall–Kier alpha value is -3.68. The van der Waals surface area contributed by atoms with Gasteiger partial charge in [-0.3, -0.25) is 9.78 Å². The van der Waals surface area contributed by atoms with Crippen LogP contribution in [0, 0.1) is 11.6 Å². The third-order valence-electron chi connectivity index (χ3n) is 3.86. The van der Waals surface area contributed by atoms with Crippen molar-refractivity contribution in [2.24, 2.45) is 0 Å². The lowest BCUT2D eigenvalue weighted by molar-refractivity contribution is 0.102. The number of aromatic nitrogens is 1. The topological polar surface area (TPSA) is 72.5 Å². The first-order chi connectivity index (χ1) is 13.1. The Morgan fingerprint density at radius 1 is 0.963 bits per heavy atom. The molecule has 0 radical (unpaired) electrons. The summed E-state index contributed by atoms with van der Waals surface area (Å²) >= 11 is 0. The Morgan fingerprint density at radius 3 is 2.56 bits per heavy atom. The molecule has 0 saturated carbocycles. The molecule has 8 heteroatoms. The molecule has 1 aromatic heterocycles. The van der Waals surface area contributed by atoms with Crippen molar-refractivity contribution in [1.82, 2.24) is 4.98 Å². The van der Waals surface area contributed by atoms with Crippen LogP contribution < -0.4 is 20.1 Å². The monoisotopic (exact) mass is 369 g/mol. The van der Waals surface area contributed by atoms with E-state index in [1.807, 2.05) is 0 Å². The second-order valence-electron chi connectivity index (χ2n) is 5.67. The van der Waals surface area contributed by atoms with E-state index in [-0.39, 0.29) is 18.2 Å². The van der Waals surface area contributed by atoms with Gasteiger partial charge in [0.25, 0.3) is 5.91 Å². The number of hydrogen-bond donors (Lipinski definition) is 2. The summed E-state index contributed by atoms with van der Waals surface area (Å²) in [5.41, 5.74) is 0.606. The summed E-state index contributed by atoms with van der Waals surface area (Å²) in [6.45, 7) is 0.134. The van der Waals surface area contributed by atoms with E-state index >= 15 is 0 Å². The molecular weight excluding hydrogens is 356 g/mol. The lowest BCUT2D eigenvalue weighted by Crippen LogP contribution is -2.14. The third-order valence-corrected chi connectivity index (χ3v) is 3.86. The van der Waals surface area contributed by atoms with Gasteiger partial charge in [0.05, 0.1) is 0 Å². The molecule has 0 aliphatic carbocycles. The van der Waals surface area contributed by atoms with Crippen LogP contribution in [0.4, 0.5) is 25.8 Å². The minimum atomic E-state index is -0.738. The van der Waals surface area contributed by atoms with Crippen molar-refractivity contribution >= 4 is 23.0 Å². The van der Waals surface area contributed by atoms with Crippen molar-refractivity contribution in [3.8, 4) is 11.5 Å². The maximum absolute atomic E-state index is 13.8. The first-order valence-electron chi connectivity index (χ1n) is 7.98. The Bertz CT molecular complexity index is 1010. The van der Waals surface area contributed by atoms with Gasteiger partial charge in [-0.2, -0.15) is 0 Å². The molecule has 4 rings (SSSR count). The van der Waals surface area contributed by atoms with Gasteiger partial charge in [0.15, 0.2) is 11.5 Å². The normalized spacial score (nSPS) is 11.9. The quantitative estimate of drug-likeness (QED) is 0.725. The molecule has 1 amide bonds. The minimum Gasteiger partial charge on any atom is -0.454 e. The Kier molecular flexibility index (Phi) is 4.29. The molecule has 6 nitrogen and oxygen atoms in total. The van der Waals surface area contributed by atoms with Crippen LogP contribution in [0.25, 0.3) is 0 Å². The number of carbonyl (C=O) groups excluding carboxylic acids is 1. The number of nitrogens with zero attached hydrogens (tertiary/aromatic N) is 1. The number of halogens is 2. The van der Waals surface area contributed by atoms with Crippen molar-refractivity contribution in [2.45, 2.75) is 0 Å². The average Bonchev–Trinajstić information content (AvgIpc) is 3.13. The minimum absolute atomic E-state index is 0.0782. The van der Waals surface area contributed by atoms with E-state index in [2.05, 4.69) is 15.6 Å². The van der Waals surface area contributed by atoms with E-state index in [1.165, 1.54) is 24.4 Å². The first kappa shape index (κ1) is 16.8. The number of benzene rings is 2. The highest BCUT2D eigenvalue weighted by atomic mass is 19.1. The Morgan fingerprint density at radius 2 is 1.74 bits per heavy atom. The zero-order valence-corrected chi connectivity index (χ0v) is 13.8. The number of anilines is 3. The second kappa shape index (κ2) is 6.91. The number of pyridine rings is 1. The molecule has 0 spiro atoms. The van der Waals surface area contributed by atoms with Gasteiger partial charge < -0.3 is 20.1 Å². The van der Waals surface area contributed by atoms with Crippen LogP contribution in [-0.2, 0) is 0 Å². The lowest BCUT2D eigenvalue weighted by atomic mass is 10.2. The highest BCUT2D eigenvalue weighted by Crippen LogP contribution is 2.34. The highest BCUT2D eigenvalue weighted by molar-refractivity contribution is 6.03. The highest BCUT2D eigenvalue weighted by Gasteiger charge is 2.16. The van der Waals surface area contributed by atoms with Crippen LogP contribution in [0.5, 0.6) is 11.5 Å². The van der Waals surface area contributed by atoms with E-state index in [4.69, 9.17) is 9.47 Å². The molecule has 0 saturated heterocycles. The van der Waals surface area contributed by atoms with Crippen molar-refractivity contribution in [3.63, 3.8) is 0 Å². The summed E-state index contributed by atoms with van der Waals surface area (Å²) in [4.78, 5) is 16.4. The number of ether oxygens (including phenoxy) is 2. The van der Waals surface area contributed by atoms with Crippen LogP contribution in [-0.4, -0.2) is 17.7 Å². The summed E-state index contributed by atoms with van der Waals surface area (Å²) in [5, 5.41) is 5.32. The van der Waals surface area contributed by atoms with Gasteiger partial charge in [-0.25, -0.2) is 8.78 Å². The number of hydrogen-bond acceptors (Lipinski definition) is 5. The molecule has 1 aliphatic heterocycles. The van der Waals surface area contributed by atoms with Gasteiger partial charge in [0.2, 0.25) is 6.79 Å². The first-order valence-corrected chi connectivity index (χ1v) is 7.98. The van der Waals surface area contributed by atoms with Gasteiger partial charge >= 0.3 is 0 Å². The summed E-state index contributed by atoms with van der Waals surface area (Å²) in [7, 11) is 0. The predicted octanol–water partition coefficient (Wildman–Crippen LogP) is 4.08. The SMILES string of the molecule is O=C(Nc1ccc2c(c1)OCO2)c1cc(Nc2c(F)cccc2F)ccn1. The van der Waals surface area contributed by atoms with E-state index in [0.717, 1.165) is 12.1 Å². The standard InChI is InChI=1S/C19H13F2N3O3/c20-13-2-1-3-14(21)18(13)23-12-6-7-22-15(8-12)19(25)24-11-4-5-16-17(9-11)27-10-26-16/h1-9H,10H2,(H,22,23)(H,24,25). The van der Waals surface area contributed by atoms with Crippen molar-refractivity contribution in [3.05, 3.63) is 72.1 Å². The van der Waals surface area contributed by atoms with Crippen molar-refractivity contribution < 1.29 is 23.0 Å². The second-order valence-corrected chi connectivity index (χ2v) is 5.67. The summed E-state index contributed by atoms with van der Waals surface area (Å²) < 4.78 is 38.0. The van der Waals surface area contributed by atoms with Gasteiger partial charge in [-0.15, -0.1) is 0 Å². The van der Waals surface area contributed by atoms with E-state index in [9.17, 15) is 13.6 Å². The maximum atomic E-state index is 13.8. The zero-order valence-electron chi connectivity index (χ0n) is 13.8. The number of fused-ring (bicyclic) bond motifs is 1. The summed E-state index contributed by atoms with van der Waals surface area (Å²) in [5.74, 6) is -0.821. The zero-order chi connectivity index (χ0) is 18.8. The van der Waals surface area contributed by atoms with E-state index in [1.54, 1.807) is 18.2 Å². The lowest BCUT2D eigenvalue weighted by Gasteiger charge is -2.10. The molecule has 136 valence electrons. The predicted molar refractivity (Wildman–Crippen MR) is 94.4 cm³/mol. The van der Waals surface area contributed by atoms with Crippen LogP contribution in [0.1, 0.15) is 10.5 Å². The largest absolute Gasteiger partial charge is 0.454 e. The Labute approximate surface area is 152 Å². The molecule has 2 N–H and O–H groups in total. The van der Waals surface area contributed by atoms with Crippen LogP contribution in [0.2, 0.25) is 0 Å². The van der Waals surface area contributed by atoms with Gasteiger partial charge in [0, 0.05) is 23.6 Å². The smallest absolute Gasteiger partial charge is 0.274 e. The van der Waals surface area contributed by atoms with Gasteiger partial charge in [-0.1, -0.05) is 6.07 Å². The molecule has 0 bridgehead atoms. The molecule has 0 unspecified atom stereocenters. The fraction of sp³-hybridized carbons (Fsp3) is 0.0526. The van der Waals surface area contributed by atoms with E-state index < -0.39 is 17.5 Å². The molecular formula is C19H13F2N3O3. The molecule has 2 aromatic carbocycles. The van der Waals surface area contributed by atoms with Crippen LogP contribution in [0.15, 0.2) is 54.7 Å². The fourth-order valence-corrected chi connectivity index (χ4v) is 2.56. The summed E-state index contributed by atoms with van der Waals surface area (Å²) in [6.07, 6.45) is 1.37. The average molecular weight is 369 g/mol. The number of carbonyl (C=O) groups is 1. The van der Waals surface area contributed by atoms with Crippen molar-refractivity contribution in [1.29, 1.82) is 0 Å². The van der Waals surface area contributed by atoms with Gasteiger partial charge in [0.1, 0.15) is 23.0 Å². The van der Waals surface area contributed by atoms with E-state index in [0.29, 0.717) is 22.9 Å². The van der Waals surface area contributed by atoms with Crippen molar-refractivity contribution in [2.75, 3.05) is 17.4 Å². The number of amides is 1. The molecule has 27 heavy (non-hydrogen) atoms. The molecule has 0 fully saturated rings. The number of para-hydroxylation sites is 1.